The molecule has 98 valence electrons. The first-order valence-electron chi connectivity index (χ1n) is 5.34. The second-order valence-corrected chi connectivity index (χ2v) is 5.78. The highest BCUT2D eigenvalue weighted by atomic mass is 35.5. The van der Waals surface area contributed by atoms with E-state index in [1.165, 1.54) is 6.07 Å². The third-order valence-electron chi connectivity index (χ3n) is 2.48. The summed E-state index contributed by atoms with van der Waals surface area (Å²) in [5, 5.41) is -0.290. The lowest BCUT2D eigenvalue weighted by atomic mass is 9.87. The van der Waals surface area contributed by atoms with Crippen LogP contribution in [0.15, 0.2) is 12.1 Å². The highest BCUT2D eigenvalue weighted by molar-refractivity contribution is 6.40. The molecule has 0 bridgehead atoms. The monoisotopic (exact) mass is 290 g/mol. The number of carbonyl (C=O) groups is 2. The summed E-state index contributed by atoms with van der Waals surface area (Å²) in [6.45, 7) is 5.12. The molecule has 0 radical (unpaired) electrons. The van der Waals surface area contributed by atoms with Gasteiger partial charge in [-0.1, -0.05) is 44.0 Å². The average Bonchev–Trinajstić information content (AvgIpc) is 2.22. The molecule has 0 saturated heterocycles. The van der Waals surface area contributed by atoms with Gasteiger partial charge in [0.25, 0.3) is 0 Å². The van der Waals surface area contributed by atoms with Crippen molar-refractivity contribution in [3.63, 3.8) is 0 Å². The van der Waals surface area contributed by atoms with E-state index < -0.39 is 17.0 Å². The first-order chi connectivity index (χ1) is 8.14. The van der Waals surface area contributed by atoms with Crippen LogP contribution in [0.1, 0.15) is 37.6 Å². The molecule has 0 fully saturated rings. The zero-order valence-corrected chi connectivity index (χ0v) is 11.8. The lowest BCUT2D eigenvalue weighted by Crippen LogP contribution is -2.23. The average molecular weight is 291 g/mol. The molecule has 1 aromatic carbocycles. The van der Waals surface area contributed by atoms with Crippen molar-refractivity contribution in [2.24, 2.45) is 5.41 Å². The Kier molecular flexibility index (Phi) is 4.51. The largest absolute Gasteiger partial charge is 0.299 e. The molecule has 0 unspecified atom stereocenters. The van der Waals surface area contributed by atoms with E-state index >= 15 is 0 Å². The summed E-state index contributed by atoms with van der Waals surface area (Å²) in [6, 6.07) is 2.32. The number of ketones is 2. The van der Waals surface area contributed by atoms with E-state index in [2.05, 4.69) is 0 Å². The SMILES string of the molecule is CC(C)(C)C(=O)CC(=O)c1c(Cl)ccc(F)c1Cl. The molecule has 1 aromatic rings. The van der Waals surface area contributed by atoms with Gasteiger partial charge in [-0.25, -0.2) is 4.39 Å². The van der Waals surface area contributed by atoms with Crippen molar-refractivity contribution in [3.8, 4) is 0 Å². The third-order valence-corrected chi connectivity index (χ3v) is 3.16. The molecule has 2 nitrogen and oxygen atoms in total. The molecule has 0 amide bonds. The maximum Gasteiger partial charge on any atom is 0.173 e. The first-order valence-corrected chi connectivity index (χ1v) is 6.10. The van der Waals surface area contributed by atoms with Gasteiger partial charge in [0.15, 0.2) is 5.78 Å². The van der Waals surface area contributed by atoms with Crippen LogP contribution in [0.25, 0.3) is 0 Å². The molecule has 1 rings (SSSR count). The molecule has 0 N–H and O–H groups in total. The minimum absolute atomic E-state index is 0.0492. The number of halogens is 3. The summed E-state index contributed by atoms with van der Waals surface area (Å²) in [5.74, 6) is -1.54. The Bertz CT molecular complexity index is 504. The minimum atomic E-state index is -0.729. The maximum absolute atomic E-state index is 13.3. The van der Waals surface area contributed by atoms with Gasteiger partial charge in [0.1, 0.15) is 11.6 Å². The van der Waals surface area contributed by atoms with Crippen LogP contribution >= 0.6 is 23.2 Å². The second kappa shape index (κ2) is 5.37. The van der Waals surface area contributed by atoms with Gasteiger partial charge in [-0.15, -0.1) is 0 Å². The van der Waals surface area contributed by atoms with Crippen LogP contribution in [-0.4, -0.2) is 11.6 Å². The molecular formula is C13H13Cl2FO2. The van der Waals surface area contributed by atoms with Crippen molar-refractivity contribution in [2.75, 3.05) is 0 Å². The van der Waals surface area contributed by atoms with Gasteiger partial charge in [-0.3, -0.25) is 9.59 Å². The number of hydrogen-bond acceptors (Lipinski definition) is 2. The highest BCUT2D eigenvalue weighted by Crippen LogP contribution is 2.29. The van der Waals surface area contributed by atoms with Gasteiger partial charge in [0.05, 0.1) is 22.0 Å². The van der Waals surface area contributed by atoms with Crippen LogP contribution in [-0.2, 0) is 4.79 Å². The van der Waals surface area contributed by atoms with Crippen molar-refractivity contribution < 1.29 is 14.0 Å². The molecular weight excluding hydrogens is 278 g/mol. The summed E-state index contributed by atoms with van der Waals surface area (Å²) in [7, 11) is 0. The number of rotatable bonds is 3. The fourth-order valence-electron chi connectivity index (χ4n) is 1.28. The summed E-state index contributed by atoms with van der Waals surface area (Å²) < 4.78 is 13.3. The predicted octanol–water partition coefficient (Wildman–Crippen LogP) is 4.32. The number of hydrogen-bond donors (Lipinski definition) is 0. The molecule has 0 atom stereocenters. The smallest absolute Gasteiger partial charge is 0.173 e. The maximum atomic E-state index is 13.3. The van der Waals surface area contributed by atoms with E-state index in [-0.39, 0.29) is 27.8 Å². The molecule has 0 spiro atoms. The molecule has 0 aliphatic carbocycles. The zero-order valence-electron chi connectivity index (χ0n) is 10.3. The van der Waals surface area contributed by atoms with Gasteiger partial charge in [-0.2, -0.15) is 0 Å². The van der Waals surface area contributed by atoms with Gasteiger partial charge in [0.2, 0.25) is 0 Å². The Balaban J connectivity index is 3.06. The van der Waals surface area contributed by atoms with Crippen molar-refractivity contribution in [3.05, 3.63) is 33.6 Å². The fraction of sp³-hybridized carbons (Fsp3) is 0.385. The van der Waals surface area contributed by atoms with Gasteiger partial charge < -0.3 is 0 Å². The second-order valence-electron chi connectivity index (χ2n) is 4.99. The lowest BCUT2D eigenvalue weighted by Gasteiger charge is -2.16. The summed E-state index contributed by atoms with van der Waals surface area (Å²) >= 11 is 11.5. The molecule has 5 heteroatoms. The quantitative estimate of drug-likeness (QED) is 0.472. The molecule has 0 aliphatic rings. The lowest BCUT2D eigenvalue weighted by molar-refractivity contribution is -0.125. The first kappa shape index (κ1) is 15.1. The van der Waals surface area contributed by atoms with Gasteiger partial charge in [0, 0.05) is 5.41 Å². The van der Waals surface area contributed by atoms with Crippen molar-refractivity contribution in [1.29, 1.82) is 0 Å². The Morgan fingerprint density at radius 1 is 1.22 bits per heavy atom. The Labute approximate surface area is 115 Å². The summed E-state index contributed by atoms with van der Waals surface area (Å²) in [4.78, 5) is 23.7. The van der Waals surface area contributed by atoms with Crippen LogP contribution in [0.3, 0.4) is 0 Å². The predicted molar refractivity (Wildman–Crippen MR) is 69.8 cm³/mol. The van der Waals surface area contributed by atoms with E-state index in [0.717, 1.165) is 6.07 Å². The van der Waals surface area contributed by atoms with Gasteiger partial charge >= 0.3 is 0 Å². The van der Waals surface area contributed by atoms with Crippen LogP contribution in [0, 0.1) is 11.2 Å². The van der Waals surface area contributed by atoms with E-state index in [4.69, 9.17) is 23.2 Å². The number of benzene rings is 1. The zero-order chi connectivity index (χ0) is 14.1. The minimum Gasteiger partial charge on any atom is -0.299 e. The van der Waals surface area contributed by atoms with E-state index in [1.807, 2.05) is 0 Å². The van der Waals surface area contributed by atoms with Crippen molar-refractivity contribution in [2.45, 2.75) is 27.2 Å². The van der Waals surface area contributed by atoms with Crippen LogP contribution in [0.5, 0.6) is 0 Å². The molecule has 0 saturated carbocycles. The standard InChI is InChI=1S/C13H13Cl2FO2/c1-13(2,3)10(18)6-9(17)11-7(14)4-5-8(16)12(11)15/h4-5H,6H2,1-3H3. The van der Waals surface area contributed by atoms with Crippen molar-refractivity contribution >= 4 is 34.8 Å². The fourth-order valence-corrected chi connectivity index (χ4v) is 1.86. The molecule has 18 heavy (non-hydrogen) atoms. The molecule has 0 aromatic heterocycles. The number of Topliss-reactive ketones (excluding diaryl/α,β-unsaturated/α-hetero) is 2. The van der Waals surface area contributed by atoms with Crippen LogP contribution in [0.2, 0.25) is 10.0 Å². The molecule has 0 heterocycles. The number of carbonyl (C=O) groups excluding carboxylic acids is 2. The van der Waals surface area contributed by atoms with E-state index in [0.29, 0.717) is 0 Å². The van der Waals surface area contributed by atoms with E-state index in [1.54, 1.807) is 20.8 Å². The van der Waals surface area contributed by atoms with Crippen LogP contribution < -0.4 is 0 Å². The third kappa shape index (κ3) is 3.30. The van der Waals surface area contributed by atoms with E-state index in [9.17, 15) is 14.0 Å². The summed E-state index contributed by atoms with van der Waals surface area (Å²) in [6.07, 6.45) is -0.341. The Hall–Kier alpha value is -0.930. The Morgan fingerprint density at radius 3 is 2.28 bits per heavy atom. The van der Waals surface area contributed by atoms with Gasteiger partial charge in [-0.05, 0) is 12.1 Å². The summed E-state index contributed by atoms with van der Waals surface area (Å²) in [5.41, 5.74) is -0.766. The molecule has 0 aliphatic heterocycles. The Morgan fingerprint density at radius 2 is 1.78 bits per heavy atom. The topological polar surface area (TPSA) is 34.1 Å². The van der Waals surface area contributed by atoms with Crippen LogP contribution in [0.4, 0.5) is 4.39 Å². The normalized spacial score (nSPS) is 11.4. The van der Waals surface area contributed by atoms with Crippen molar-refractivity contribution in [1.82, 2.24) is 0 Å². The highest BCUT2D eigenvalue weighted by Gasteiger charge is 2.26.